The lowest BCUT2D eigenvalue weighted by Gasteiger charge is -2.03. The summed E-state index contributed by atoms with van der Waals surface area (Å²) in [4.78, 5) is 11.4. The van der Waals surface area contributed by atoms with Crippen molar-refractivity contribution in [2.24, 2.45) is 12.8 Å². The smallest absolute Gasteiger partial charge is 0.250 e. The Morgan fingerprint density at radius 1 is 1.32 bits per heavy atom. The maximum atomic E-state index is 11.4. The van der Waals surface area contributed by atoms with Gasteiger partial charge in [-0.05, 0) is 19.1 Å². The maximum Gasteiger partial charge on any atom is 0.250 e. The van der Waals surface area contributed by atoms with E-state index in [1.807, 2.05) is 48.9 Å². The maximum absolute atomic E-state index is 11.4. The van der Waals surface area contributed by atoms with Gasteiger partial charge in [-0.25, -0.2) is 0 Å². The van der Waals surface area contributed by atoms with Crippen molar-refractivity contribution in [3.8, 4) is 11.3 Å². The molecule has 0 aliphatic carbocycles. The Kier molecular flexibility index (Phi) is 2.45. The molecule has 0 saturated carbocycles. The molecule has 0 aliphatic heterocycles. The SMILES string of the molecule is Cc1c(C(N)=O)cc(-c2coc3ccccc23)n1C. The molecular weight excluding hydrogens is 240 g/mol. The predicted octanol–water partition coefficient (Wildman–Crippen LogP) is 2.85. The molecule has 0 fully saturated rings. The molecule has 96 valence electrons. The molecule has 1 aromatic carbocycles. The van der Waals surface area contributed by atoms with Crippen LogP contribution in [0.5, 0.6) is 0 Å². The fourth-order valence-electron chi connectivity index (χ4n) is 2.38. The number of carbonyl (C=O) groups is 1. The molecule has 3 aromatic rings. The minimum atomic E-state index is -0.410. The molecule has 2 heterocycles. The first-order valence-electron chi connectivity index (χ1n) is 6.02. The van der Waals surface area contributed by atoms with E-state index < -0.39 is 5.91 Å². The summed E-state index contributed by atoms with van der Waals surface area (Å²) in [6.45, 7) is 1.88. The van der Waals surface area contributed by atoms with Gasteiger partial charge in [0.05, 0.1) is 11.3 Å². The fourth-order valence-corrected chi connectivity index (χ4v) is 2.38. The second-order valence-corrected chi connectivity index (χ2v) is 4.60. The zero-order valence-electron chi connectivity index (χ0n) is 10.8. The molecule has 0 atom stereocenters. The number of carbonyl (C=O) groups excluding carboxylic acids is 1. The average Bonchev–Trinajstić information content (AvgIpc) is 2.93. The van der Waals surface area contributed by atoms with Gasteiger partial charge in [-0.2, -0.15) is 0 Å². The topological polar surface area (TPSA) is 61.2 Å². The van der Waals surface area contributed by atoms with Crippen LogP contribution in [-0.2, 0) is 7.05 Å². The molecule has 0 bridgehead atoms. The zero-order valence-corrected chi connectivity index (χ0v) is 10.8. The van der Waals surface area contributed by atoms with E-state index in [1.165, 1.54) is 0 Å². The van der Waals surface area contributed by atoms with Gasteiger partial charge in [0.25, 0.3) is 5.91 Å². The van der Waals surface area contributed by atoms with Gasteiger partial charge in [0, 0.05) is 23.7 Å². The van der Waals surface area contributed by atoms with Gasteiger partial charge < -0.3 is 14.7 Å². The Morgan fingerprint density at radius 2 is 2.05 bits per heavy atom. The lowest BCUT2D eigenvalue weighted by molar-refractivity contribution is 0.0999. The zero-order chi connectivity index (χ0) is 13.6. The molecule has 0 aliphatic rings. The van der Waals surface area contributed by atoms with Gasteiger partial charge in [0.15, 0.2) is 0 Å². The number of hydrogen-bond donors (Lipinski definition) is 1. The van der Waals surface area contributed by atoms with Gasteiger partial charge in [-0.15, -0.1) is 0 Å². The lowest BCUT2D eigenvalue weighted by Crippen LogP contribution is -2.11. The van der Waals surface area contributed by atoms with Gasteiger partial charge >= 0.3 is 0 Å². The third-order valence-electron chi connectivity index (χ3n) is 3.56. The summed E-state index contributed by atoms with van der Waals surface area (Å²) in [5.74, 6) is -0.410. The number of nitrogens with zero attached hydrogens (tertiary/aromatic N) is 1. The first kappa shape index (κ1) is 11.6. The Balaban J connectivity index is 2.28. The van der Waals surface area contributed by atoms with Crippen LogP contribution in [0, 0.1) is 6.92 Å². The van der Waals surface area contributed by atoms with Crippen molar-refractivity contribution in [3.05, 3.63) is 47.9 Å². The van der Waals surface area contributed by atoms with Crippen LogP contribution >= 0.6 is 0 Å². The average molecular weight is 254 g/mol. The van der Waals surface area contributed by atoms with E-state index in [4.69, 9.17) is 10.2 Å². The van der Waals surface area contributed by atoms with Crippen molar-refractivity contribution in [3.63, 3.8) is 0 Å². The third-order valence-corrected chi connectivity index (χ3v) is 3.56. The second-order valence-electron chi connectivity index (χ2n) is 4.60. The number of nitrogens with two attached hydrogens (primary N) is 1. The molecule has 4 heteroatoms. The number of fused-ring (bicyclic) bond motifs is 1. The highest BCUT2D eigenvalue weighted by atomic mass is 16.3. The Morgan fingerprint density at radius 3 is 2.74 bits per heavy atom. The van der Waals surface area contributed by atoms with Crippen LogP contribution in [0.15, 0.2) is 41.0 Å². The first-order chi connectivity index (χ1) is 9.09. The summed E-state index contributed by atoms with van der Waals surface area (Å²) in [7, 11) is 1.92. The van der Waals surface area contributed by atoms with Crippen LogP contribution < -0.4 is 5.73 Å². The molecule has 0 radical (unpaired) electrons. The molecule has 3 rings (SSSR count). The van der Waals surface area contributed by atoms with E-state index in [0.29, 0.717) is 5.56 Å². The Hall–Kier alpha value is -2.49. The van der Waals surface area contributed by atoms with E-state index in [0.717, 1.165) is 27.9 Å². The summed E-state index contributed by atoms with van der Waals surface area (Å²) >= 11 is 0. The number of hydrogen-bond acceptors (Lipinski definition) is 2. The van der Waals surface area contributed by atoms with Crippen molar-refractivity contribution in [2.45, 2.75) is 6.92 Å². The number of primary amides is 1. The van der Waals surface area contributed by atoms with Crippen molar-refractivity contribution in [1.29, 1.82) is 0 Å². The normalized spacial score (nSPS) is 11.1. The van der Waals surface area contributed by atoms with Gasteiger partial charge in [-0.1, -0.05) is 18.2 Å². The minimum Gasteiger partial charge on any atom is -0.464 e. The van der Waals surface area contributed by atoms with E-state index in [1.54, 1.807) is 6.26 Å². The monoisotopic (exact) mass is 254 g/mol. The van der Waals surface area contributed by atoms with Crippen LogP contribution in [-0.4, -0.2) is 10.5 Å². The lowest BCUT2D eigenvalue weighted by atomic mass is 10.1. The van der Waals surface area contributed by atoms with Crippen molar-refractivity contribution in [2.75, 3.05) is 0 Å². The van der Waals surface area contributed by atoms with E-state index in [9.17, 15) is 4.79 Å². The summed E-state index contributed by atoms with van der Waals surface area (Å²) < 4.78 is 7.49. The minimum absolute atomic E-state index is 0.410. The summed E-state index contributed by atoms with van der Waals surface area (Å²) in [5.41, 5.74) is 9.51. The van der Waals surface area contributed by atoms with E-state index in [2.05, 4.69) is 0 Å². The van der Waals surface area contributed by atoms with Crippen LogP contribution in [0.1, 0.15) is 16.1 Å². The molecule has 19 heavy (non-hydrogen) atoms. The Labute approximate surface area is 110 Å². The van der Waals surface area contributed by atoms with Crippen LogP contribution in [0.25, 0.3) is 22.2 Å². The highest BCUT2D eigenvalue weighted by molar-refractivity contribution is 5.98. The Bertz CT molecular complexity index is 781. The van der Waals surface area contributed by atoms with Crippen LogP contribution in [0.2, 0.25) is 0 Å². The number of rotatable bonds is 2. The molecule has 0 spiro atoms. The van der Waals surface area contributed by atoms with Crippen molar-refractivity contribution >= 4 is 16.9 Å². The molecule has 0 unspecified atom stereocenters. The first-order valence-corrected chi connectivity index (χ1v) is 6.02. The highest BCUT2D eigenvalue weighted by Gasteiger charge is 2.17. The predicted molar refractivity (Wildman–Crippen MR) is 73.9 cm³/mol. The second kappa shape index (κ2) is 4.02. The quantitative estimate of drug-likeness (QED) is 0.764. The fraction of sp³-hybridized carbons (Fsp3) is 0.133. The van der Waals surface area contributed by atoms with E-state index >= 15 is 0 Å². The van der Waals surface area contributed by atoms with Gasteiger partial charge in [0.2, 0.25) is 0 Å². The summed E-state index contributed by atoms with van der Waals surface area (Å²) in [6, 6.07) is 9.63. The number of amides is 1. The highest BCUT2D eigenvalue weighted by Crippen LogP contribution is 2.32. The van der Waals surface area contributed by atoms with Crippen LogP contribution in [0.3, 0.4) is 0 Å². The summed E-state index contributed by atoms with van der Waals surface area (Å²) in [6.07, 6.45) is 1.71. The van der Waals surface area contributed by atoms with Crippen molar-refractivity contribution < 1.29 is 9.21 Å². The molecule has 2 N–H and O–H groups in total. The molecular formula is C15H14N2O2. The van der Waals surface area contributed by atoms with Crippen LogP contribution in [0.4, 0.5) is 0 Å². The van der Waals surface area contributed by atoms with Crippen molar-refractivity contribution in [1.82, 2.24) is 4.57 Å². The van der Waals surface area contributed by atoms with E-state index in [-0.39, 0.29) is 0 Å². The third kappa shape index (κ3) is 1.64. The number of aromatic nitrogens is 1. The van der Waals surface area contributed by atoms with Gasteiger partial charge in [-0.3, -0.25) is 4.79 Å². The molecule has 4 nitrogen and oxygen atoms in total. The van der Waals surface area contributed by atoms with Gasteiger partial charge in [0.1, 0.15) is 11.8 Å². The number of benzene rings is 1. The standard InChI is InChI=1S/C15H14N2O2/c1-9-11(15(16)18)7-13(17(9)2)12-8-19-14-6-4-3-5-10(12)14/h3-8H,1-2H3,(H2,16,18). The molecule has 2 aromatic heterocycles. The largest absolute Gasteiger partial charge is 0.464 e. The molecule has 1 amide bonds. The number of furan rings is 1. The number of para-hydroxylation sites is 1. The molecule has 0 saturated heterocycles. The summed E-state index contributed by atoms with van der Waals surface area (Å²) in [5, 5.41) is 1.03.